The van der Waals surface area contributed by atoms with Crippen LogP contribution in [0.4, 0.5) is 0 Å². The summed E-state index contributed by atoms with van der Waals surface area (Å²) in [6.45, 7) is 5.17. The zero-order valence-corrected chi connectivity index (χ0v) is 18.3. The molecule has 7 rings (SSSR count). The molecule has 8 nitrogen and oxygen atoms in total. The van der Waals surface area contributed by atoms with Gasteiger partial charge in [0.1, 0.15) is 16.7 Å². The molecular formula is C25H24N6O2. The van der Waals surface area contributed by atoms with Gasteiger partial charge in [-0.3, -0.25) is 9.59 Å². The lowest BCUT2D eigenvalue weighted by Gasteiger charge is -2.42. The number of H-pyrrole nitrogens is 2. The Balaban J connectivity index is 1.04. The largest absolute Gasteiger partial charge is 0.351 e. The number of hydrogen-bond acceptors (Lipinski definition) is 4. The van der Waals surface area contributed by atoms with E-state index in [1.54, 1.807) is 0 Å². The first kappa shape index (κ1) is 18.8. The normalized spacial score (nSPS) is 26.0. The molecular weight excluding hydrogens is 416 g/mol. The van der Waals surface area contributed by atoms with Gasteiger partial charge in [-0.05, 0) is 66.5 Å². The van der Waals surface area contributed by atoms with Crippen molar-refractivity contribution < 1.29 is 9.59 Å². The molecule has 33 heavy (non-hydrogen) atoms. The maximum Gasteiger partial charge on any atom is 0.270 e. The van der Waals surface area contributed by atoms with Crippen LogP contribution in [0.5, 0.6) is 0 Å². The van der Waals surface area contributed by atoms with Gasteiger partial charge < -0.3 is 14.8 Å². The number of fused-ring (bicyclic) bond motifs is 6. The molecule has 2 N–H and O–H groups in total. The van der Waals surface area contributed by atoms with Crippen LogP contribution in [0.25, 0.3) is 21.9 Å². The van der Waals surface area contributed by atoms with Crippen molar-refractivity contribution in [2.24, 2.45) is 23.7 Å². The Morgan fingerprint density at radius 1 is 0.818 bits per heavy atom. The SMILES string of the molecule is Cc1ccc2cc(C(=O)N3C[C@@H]4[C@H]5CN(C(=O)c6ccc7n[nH]nc7c6)C[C@H]5[C@@H]4C3)[nH]c2c1. The summed E-state index contributed by atoms with van der Waals surface area (Å²) < 4.78 is 0. The van der Waals surface area contributed by atoms with Crippen molar-refractivity contribution in [1.29, 1.82) is 0 Å². The van der Waals surface area contributed by atoms with Crippen LogP contribution in [0.15, 0.2) is 42.5 Å². The molecule has 0 bridgehead atoms. The van der Waals surface area contributed by atoms with Crippen LogP contribution in [0.1, 0.15) is 26.4 Å². The first-order chi connectivity index (χ1) is 16.0. The van der Waals surface area contributed by atoms with E-state index in [1.165, 1.54) is 5.56 Å². The number of aromatic nitrogens is 4. The van der Waals surface area contributed by atoms with Crippen LogP contribution < -0.4 is 0 Å². The van der Waals surface area contributed by atoms with E-state index in [0.29, 0.717) is 40.4 Å². The molecule has 2 aliphatic heterocycles. The van der Waals surface area contributed by atoms with Crippen LogP contribution in [0, 0.1) is 30.6 Å². The minimum absolute atomic E-state index is 0.0636. The summed E-state index contributed by atoms with van der Waals surface area (Å²) in [7, 11) is 0. The lowest BCUT2D eigenvalue weighted by molar-refractivity contribution is 0.0629. The lowest BCUT2D eigenvalue weighted by Crippen LogP contribution is -2.44. The number of nitrogens with zero attached hydrogens (tertiary/aromatic N) is 4. The van der Waals surface area contributed by atoms with Gasteiger partial charge in [0, 0.05) is 42.6 Å². The molecule has 1 saturated carbocycles. The van der Waals surface area contributed by atoms with Gasteiger partial charge in [-0.2, -0.15) is 15.4 Å². The van der Waals surface area contributed by atoms with Crippen LogP contribution >= 0.6 is 0 Å². The maximum atomic E-state index is 13.2. The number of carbonyl (C=O) groups excluding carboxylic acids is 2. The van der Waals surface area contributed by atoms with Gasteiger partial charge in [-0.15, -0.1) is 0 Å². The number of hydrogen-bond donors (Lipinski definition) is 2. The molecule has 8 heteroatoms. The van der Waals surface area contributed by atoms with Crippen molar-refractivity contribution in [2.45, 2.75) is 6.92 Å². The van der Waals surface area contributed by atoms with Crippen molar-refractivity contribution >= 4 is 33.8 Å². The molecule has 2 saturated heterocycles. The third-order valence-corrected chi connectivity index (χ3v) is 8.07. The molecule has 1 aliphatic carbocycles. The smallest absolute Gasteiger partial charge is 0.270 e. The monoisotopic (exact) mass is 440 g/mol. The Morgan fingerprint density at radius 3 is 2.21 bits per heavy atom. The standard InChI is InChI=1S/C25H24N6O2/c1-13-2-3-14-7-23(26-21(14)6-13)25(33)31-11-18-16-9-30(10-17(16)19(18)12-31)24(32)15-4-5-20-22(8-15)28-29-27-20/h2-8,16-19,26H,9-12H2,1H3,(H,27,28,29)/t16-,17+,18+,19-. The fourth-order valence-corrected chi connectivity index (χ4v) is 6.39. The predicted molar refractivity (Wildman–Crippen MR) is 123 cm³/mol. The number of aryl methyl sites for hydroxylation is 1. The van der Waals surface area contributed by atoms with E-state index in [2.05, 4.69) is 45.5 Å². The van der Waals surface area contributed by atoms with Crippen molar-refractivity contribution in [3.05, 3.63) is 59.3 Å². The summed E-state index contributed by atoms with van der Waals surface area (Å²) >= 11 is 0. The first-order valence-corrected chi connectivity index (χ1v) is 11.5. The van der Waals surface area contributed by atoms with Crippen LogP contribution in [-0.2, 0) is 0 Å². The molecule has 2 aromatic carbocycles. The Labute approximate surface area is 189 Å². The molecule has 0 unspecified atom stereocenters. The third-order valence-electron chi connectivity index (χ3n) is 8.07. The van der Waals surface area contributed by atoms with Crippen molar-refractivity contribution in [3.63, 3.8) is 0 Å². The van der Waals surface area contributed by atoms with Gasteiger partial charge in [0.05, 0.1) is 0 Å². The summed E-state index contributed by atoms with van der Waals surface area (Å²) in [5.41, 5.74) is 4.99. The number of benzene rings is 2. The Morgan fingerprint density at radius 2 is 1.48 bits per heavy atom. The minimum atomic E-state index is 0.0636. The summed E-state index contributed by atoms with van der Waals surface area (Å²) in [5.74, 6) is 2.09. The van der Waals surface area contributed by atoms with Gasteiger partial charge in [0.2, 0.25) is 0 Å². The predicted octanol–water partition coefficient (Wildman–Crippen LogP) is 2.84. The van der Waals surface area contributed by atoms with Gasteiger partial charge >= 0.3 is 0 Å². The molecule has 3 aliphatic rings. The van der Waals surface area contributed by atoms with E-state index < -0.39 is 0 Å². The molecule has 2 aromatic heterocycles. The second-order valence-electron chi connectivity index (χ2n) is 9.88. The quantitative estimate of drug-likeness (QED) is 0.501. The molecule has 2 amide bonds. The zero-order valence-electron chi connectivity index (χ0n) is 18.3. The lowest BCUT2D eigenvalue weighted by atomic mass is 9.60. The van der Waals surface area contributed by atoms with Crippen LogP contribution in [0.3, 0.4) is 0 Å². The highest BCUT2D eigenvalue weighted by Gasteiger charge is 2.59. The highest BCUT2D eigenvalue weighted by atomic mass is 16.2. The van der Waals surface area contributed by atoms with E-state index >= 15 is 0 Å². The van der Waals surface area contributed by atoms with Gasteiger partial charge in [-0.25, -0.2) is 0 Å². The summed E-state index contributed by atoms with van der Waals surface area (Å²) in [6.07, 6.45) is 0. The maximum absolute atomic E-state index is 13.2. The Kier molecular flexibility index (Phi) is 3.81. The summed E-state index contributed by atoms with van der Waals surface area (Å²) in [6, 6.07) is 13.6. The molecule has 4 aromatic rings. The van der Waals surface area contributed by atoms with Crippen molar-refractivity contribution in [3.8, 4) is 0 Å². The van der Waals surface area contributed by atoms with Gasteiger partial charge in [0.25, 0.3) is 11.8 Å². The average Bonchev–Trinajstić information content (AvgIpc) is 3.59. The zero-order chi connectivity index (χ0) is 22.3. The number of likely N-dealkylation sites (tertiary alicyclic amines) is 2. The van der Waals surface area contributed by atoms with Gasteiger partial charge in [-0.1, -0.05) is 12.1 Å². The topological polar surface area (TPSA) is 98.0 Å². The molecule has 0 radical (unpaired) electrons. The fourth-order valence-electron chi connectivity index (χ4n) is 6.39. The molecule has 4 atom stereocenters. The van der Waals surface area contributed by atoms with Crippen molar-refractivity contribution in [1.82, 2.24) is 30.2 Å². The number of nitrogens with one attached hydrogen (secondary N) is 2. The van der Waals surface area contributed by atoms with Gasteiger partial charge in [0.15, 0.2) is 0 Å². The second kappa shape index (κ2) is 6.66. The van der Waals surface area contributed by atoms with Crippen LogP contribution in [-0.4, -0.2) is 68.2 Å². The minimum Gasteiger partial charge on any atom is -0.351 e. The number of rotatable bonds is 2. The third kappa shape index (κ3) is 2.76. The average molecular weight is 441 g/mol. The number of carbonyl (C=O) groups is 2. The van der Waals surface area contributed by atoms with E-state index in [4.69, 9.17) is 0 Å². The highest BCUT2D eigenvalue weighted by molar-refractivity contribution is 5.99. The van der Waals surface area contributed by atoms with E-state index in [-0.39, 0.29) is 11.8 Å². The van der Waals surface area contributed by atoms with E-state index in [1.807, 2.05) is 34.1 Å². The van der Waals surface area contributed by atoms with Crippen molar-refractivity contribution in [2.75, 3.05) is 26.2 Å². The Bertz CT molecular complexity index is 1420. The molecule has 4 heterocycles. The highest BCUT2D eigenvalue weighted by Crippen LogP contribution is 2.54. The second-order valence-corrected chi connectivity index (χ2v) is 9.88. The first-order valence-electron chi connectivity index (χ1n) is 11.5. The van der Waals surface area contributed by atoms with E-state index in [0.717, 1.165) is 42.6 Å². The summed E-state index contributed by atoms with van der Waals surface area (Å²) in [5, 5.41) is 11.8. The molecule has 166 valence electrons. The number of aromatic amines is 2. The Hall–Kier alpha value is -3.68. The summed E-state index contributed by atoms with van der Waals surface area (Å²) in [4.78, 5) is 33.6. The van der Waals surface area contributed by atoms with Crippen LogP contribution in [0.2, 0.25) is 0 Å². The molecule has 0 spiro atoms. The molecule has 3 fully saturated rings. The number of amides is 2. The fraction of sp³-hybridized carbons (Fsp3) is 0.360. The van der Waals surface area contributed by atoms with E-state index in [9.17, 15) is 9.59 Å².